The van der Waals surface area contributed by atoms with Gasteiger partial charge in [0.15, 0.2) is 0 Å². The number of para-hydroxylation sites is 1. The molecule has 2 aliphatic carbocycles. The summed E-state index contributed by atoms with van der Waals surface area (Å²) in [6.45, 7) is 8.25. The number of hydrogen-bond acceptors (Lipinski definition) is 2. The van der Waals surface area contributed by atoms with E-state index in [4.69, 9.17) is 9.97 Å². The quantitative estimate of drug-likeness (QED) is 0.168. The SMILES string of the molecule is C=Cc1c(C)nc(CC)n1-c1ccc(-c2ccc(-c3nc4ccccc4c4cc5c(cc34)-c3ccccc3C3=C(CCCC3)c3ccccc3-5)cc2)cc1. The van der Waals surface area contributed by atoms with E-state index in [2.05, 4.69) is 158 Å². The molecule has 260 valence electrons. The highest BCUT2D eigenvalue weighted by Gasteiger charge is 2.26. The Kier molecular flexibility index (Phi) is 7.76. The molecule has 6 aromatic carbocycles. The molecule has 0 fully saturated rings. The van der Waals surface area contributed by atoms with E-state index in [0.29, 0.717) is 0 Å². The number of nitrogens with zero attached hydrogens (tertiary/aromatic N) is 3. The third-order valence-corrected chi connectivity index (χ3v) is 11.7. The van der Waals surface area contributed by atoms with Crippen LogP contribution in [0, 0.1) is 6.92 Å². The molecule has 0 N–H and O–H groups in total. The summed E-state index contributed by atoms with van der Waals surface area (Å²) < 4.78 is 2.22. The Bertz CT molecular complexity index is 2810. The monoisotopic (exact) mass is 695 g/mol. The number of allylic oxidation sites excluding steroid dienone is 2. The lowest BCUT2D eigenvalue weighted by atomic mass is 9.75. The number of hydrogen-bond donors (Lipinski definition) is 0. The third kappa shape index (κ3) is 5.10. The minimum Gasteiger partial charge on any atom is -0.297 e. The van der Waals surface area contributed by atoms with Crippen molar-refractivity contribution in [2.75, 3.05) is 0 Å². The van der Waals surface area contributed by atoms with Crippen LogP contribution in [0.1, 0.15) is 60.9 Å². The van der Waals surface area contributed by atoms with E-state index in [1.165, 1.54) is 84.7 Å². The van der Waals surface area contributed by atoms with Crippen LogP contribution >= 0.6 is 0 Å². The lowest BCUT2D eigenvalue weighted by molar-refractivity contribution is 0.753. The maximum Gasteiger partial charge on any atom is 0.113 e. The Morgan fingerprint density at radius 1 is 0.574 bits per heavy atom. The molecular formula is C51H41N3. The van der Waals surface area contributed by atoms with Crippen LogP contribution in [0.2, 0.25) is 0 Å². The Morgan fingerprint density at radius 3 is 1.72 bits per heavy atom. The van der Waals surface area contributed by atoms with Gasteiger partial charge in [0.25, 0.3) is 0 Å². The molecule has 8 aromatic rings. The fourth-order valence-corrected chi connectivity index (χ4v) is 9.12. The van der Waals surface area contributed by atoms with Crippen LogP contribution in [-0.4, -0.2) is 14.5 Å². The van der Waals surface area contributed by atoms with Gasteiger partial charge in [0.2, 0.25) is 0 Å². The number of aryl methyl sites for hydroxylation is 2. The topological polar surface area (TPSA) is 30.7 Å². The van der Waals surface area contributed by atoms with Gasteiger partial charge in [-0.3, -0.25) is 4.57 Å². The largest absolute Gasteiger partial charge is 0.297 e. The Balaban J connectivity index is 1.13. The van der Waals surface area contributed by atoms with Crippen LogP contribution in [0.3, 0.4) is 0 Å². The summed E-state index contributed by atoms with van der Waals surface area (Å²) in [6.07, 6.45) is 7.48. The van der Waals surface area contributed by atoms with Crippen molar-refractivity contribution in [2.45, 2.75) is 46.0 Å². The van der Waals surface area contributed by atoms with Gasteiger partial charge in [0.1, 0.15) is 5.82 Å². The molecular weight excluding hydrogens is 655 g/mol. The highest BCUT2D eigenvalue weighted by molar-refractivity contribution is 6.16. The van der Waals surface area contributed by atoms with E-state index in [1.54, 1.807) is 0 Å². The molecule has 0 saturated carbocycles. The van der Waals surface area contributed by atoms with Crippen LogP contribution in [0.5, 0.6) is 0 Å². The van der Waals surface area contributed by atoms with Crippen molar-refractivity contribution < 1.29 is 0 Å². The molecule has 2 heterocycles. The van der Waals surface area contributed by atoms with Crippen molar-refractivity contribution >= 4 is 38.9 Å². The zero-order valence-corrected chi connectivity index (χ0v) is 30.9. The smallest absolute Gasteiger partial charge is 0.113 e. The molecule has 54 heavy (non-hydrogen) atoms. The number of benzene rings is 6. The molecule has 3 heteroatoms. The van der Waals surface area contributed by atoms with Crippen LogP contribution in [0.4, 0.5) is 0 Å². The highest BCUT2D eigenvalue weighted by Crippen LogP contribution is 2.50. The lowest BCUT2D eigenvalue weighted by Crippen LogP contribution is -2.05. The van der Waals surface area contributed by atoms with Gasteiger partial charge in [-0.2, -0.15) is 0 Å². The minimum atomic E-state index is 0.858. The van der Waals surface area contributed by atoms with E-state index in [0.717, 1.165) is 58.9 Å². The standard InChI is InChI=1S/C51H41N3/c1-4-49-32(3)52-50(5-2)54(49)36-28-26-34(27-29-36)33-22-24-35(25-23-33)51-47-31-45-42-19-11-9-17-40(42)38-15-7-6-14-37(38)39-16-8-10-18-41(39)44(45)30-46(47)43-20-12-13-21-48(43)53-51/h4,8-13,16-31H,1,5-7,14-15H2,2-3H3. The maximum atomic E-state index is 5.39. The minimum absolute atomic E-state index is 0.858. The van der Waals surface area contributed by atoms with Gasteiger partial charge in [-0.15, -0.1) is 0 Å². The van der Waals surface area contributed by atoms with E-state index in [1.807, 2.05) is 6.08 Å². The van der Waals surface area contributed by atoms with E-state index >= 15 is 0 Å². The molecule has 0 saturated heterocycles. The fraction of sp³-hybridized carbons (Fsp3) is 0.137. The summed E-state index contributed by atoms with van der Waals surface area (Å²) in [5.41, 5.74) is 19.6. The second-order valence-corrected chi connectivity index (χ2v) is 14.7. The molecule has 0 atom stereocenters. The molecule has 0 aliphatic heterocycles. The number of fused-ring (bicyclic) bond motifs is 10. The van der Waals surface area contributed by atoms with Crippen molar-refractivity contribution in [3.8, 4) is 50.3 Å². The third-order valence-electron chi connectivity index (χ3n) is 11.7. The summed E-state index contributed by atoms with van der Waals surface area (Å²) in [5.74, 6) is 1.05. The molecule has 0 radical (unpaired) electrons. The van der Waals surface area contributed by atoms with Crippen molar-refractivity contribution in [2.24, 2.45) is 0 Å². The van der Waals surface area contributed by atoms with Crippen LogP contribution in [0.15, 0.2) is 140 Å². The Hall–Kier alpha value is -6.32. The number of pyridine rings is 1. The van der Waals surface area contributed by atoms with Gasteiger partial charge in [0, 0.05) is 28.4 Å². The summed E-state index contributed by atoms with van der Waals surface area (Å²) in [6, 6.07) is 49.4. The first-order valence-corrected chi connectivity index (χ1v) is 19.3. The Morgan fingerprint density at radius 2 is 1.11 bits per heavy atom. The summed E-state index contributed by atoms with van der Waals surface area (Å²) in [7, 11) is 0. The van der Waals surface area contributed by atoms with Crippen molar-refractivity contribution in [1.82, 2.24) is 14.5 Å². The second kappa shape index (κ2) is 13.0. The zero-order valence-electron chi connectivity index (χ0n) is 30.9. The van der Waals surface area contributed by atoms with Crippen molar-refractivity contribution in [1.29, 1.82) is 0 Å². The molecule has 2 aliphatic rings. The number of aromatic nitrogens is 3. The highest BCUT2D eigenvalue weighted by atomic mass is 15.1. The average Bonchev–Trinajstić information content (AvgIpc) is 3.57. The molecule has 0 bridgehead atoms. The van der Waals surface area contributed by atoms with Gasteiger partial charge in [-0.25, -0.2) is 9.97 Å². The van der Waals surface area contributed by atoms with Crippen LogP contribution in [-0.2, 0) is 6.42 Å². The molecule has 2 aromatic heterocycles. The molecule has 0 spiro atoms. The summed E-state index contributed by atoms with van der Waals surface area (Å²) >= 11 is 0. The van der Waals surface area contributed by atoms with Gasteiger partial charge >= 0.3 is 0 Å². The van der Waals surface area contributed by atoms with Gasteiger partial charge in [-0.1, -0.05) is 117 Å². The number of rotatable bonds is 5. The predicted molar refractivity (Wildman–Crippen MR) is 228 cm³/mol. The van der Waals surface area contributed by atoms with Gasteiger partial charge in [0.05, 0.1) is 22.6 Å². The normalized spacial score (nSPS) is 13.5. The van der Waals surface area contributed by atoms with Gasteiger partial charge < -0.3 is 0 Å². The number of imidazole rings is 1. The molecule has 3 nitrogen and oxygen atoms in total. The van der Waals surface area contributed by atoms with E-state index in [-0.39, 0.29) is 0 Å². The predicted octanol–water partition coefficient (Wildman–Crippen LogP) is 13.6. The molecule has 10 rings (SSSR count). The van der Waals surface area contributed by atoms with Crippen LogP contribution in [0.25, 0.3) is 89.2 Å². The first-order valence-electron chi connectivity index (χ1n) is 19.3. The van der Waals surface area contributed by atoms with Crippen LogP contribution < -0.4 is 0 Å². The maximum absolute atomic E-state index is 5.39. The van der Waals surface area contributed by atoms with Crippen molar-refractivity contribution in [3.63, 3.8) is 0 Å². The van der Waals surface area contributed by atoms with Gasteiger partial charge in [-0.05, 0) is 130 Å². The first-order chi connectivity index (χ1) is 26.6. The molecule has 0 unspecified atom stereocenters. The Labute approximate surface area is 317 Å². The van der Waals surface area contributed by atoms with E-state index in [9.17, 15) is 0 Å². The summed E-state index contributed by atoms with van der Waals surface area (Å²) in [4.78, 5) is 10.2. The fourth-order valence-electron chi connectivity index (χ4n) is 9.12. The first kappa shape index (κ1) is 32.3. The second-order valence-electron chi connectivity index (χ2n) is 14.7. The molecule has 0 amide bonds. The lowest BCUT2D eigenvalue weighted by Gasteiger charge is -2.28. The van der Waals surface area contributed by atoms with E-state index < -0.39 is 0 Å². The summed E-state index contributed by atoms with van der Waals surface area (Å²) in [5, 5.41) is 3.59. The van der Waals surface area contributed by atoms with Crippen molar-refractivity contribution in [3.05, 3.63) is 168 Å². The zero-order chi connectivity index (χ0) is 36.3. The average molecular weight is 696 g/mol.